The molecule has 0 radical (unpaired) electrons. The summed E-state index contributed by atoms with van der Waals surface area (Å²) in [5, 5.41) is 10.9. The molecule has 21 heavy (non-hydrogen) atoms. The largest absolute Gasteiger partial charge is 0.494 e. The van der Waals surface area contributed by atoms with Crippen LogP contribution in [0.3, 0.4) is 0 Å². The molecule has 6 heteroatoms. The monoisotopic (exact) mass is 299 g/mol. The molecule has 4 nitrogen and oxygen atoms in total. The van der Waals surface area contributed by atoms with E-state index in [1.54, 1.807) is 0 Å². The fraction of sp³-hybridized carbons (Fsp3) is 0.600. The number of ether oxygens (including phenoxy) is 2. The Balaban J connectivity index is 1.98. The van der Waals surface area contributed by atoms with Gasteiger partial charge in [0.25, 0.3) is 0 Å². The number of halogens is 2. The van der Waals surface area contributed by atoms with E-state index in [1.165, 1.54) is 19.2 Å². The lowest BCUT2D eigenvalue weighted by Crippen LogP contribution is -2.59. The summed E-state index contributed by atoms with van der Waals surface area (Å²) in [5.74, 6) is -2.24. The Labute approximate surface area is 122 Å². The summed E-state index contributed by atoms with van der Waals surface area (Å²) >= 11 is 0. The molecule has 0 amide bonds. The van der Waals surface area contributed by atoms with Gasteiger partial charge in [-0.05, 0) is 32.0 Å². The van der Waals surface area contributed by atoms with Crippen molar-refractivity contribution in [3.05, 3.63) is 29.3 Å². The van der Waals surface area contributed by atoms with Crippen molar-refractivity contribution in [1.29, 1.82) is 0 Å². The van der Waals surface area contributed by atoms with Crippen LogP contribution in [0.1, 0.15) is 18.4 Å². The highest BCUT2D eigenvalue weighted by Gasteiger charge is 2.47. The standard InChI is InChI=1S/C15H19F2NO3/c1-18-9-5-15(19,6-10(18)8-21-7-9)11-3-4-12(20-2)14(17)13(11)16/h3-4,9-10,19H,5-8H2,1-2H3. The normalized spacial score (nSPS) is 33.0. The van der Waals surface area contributed by atoms with Crippen LogP contribution in [-0.2, 0) is 10.3 Å². The number of hydrogen-bond acceptors (Lipinski definition) is 4. The van der Waals surface area contributed by atoms with Crippen molar-refractivity contribution in [1.82, 2.24) is 4.90 Å². The summed E-state index contributed by atoms with van der Waals surface area (Å²) in [5.41, 5.74) is -1.37. The van der Waals surface area contributed by atoms with E-state index in [9.17, 15) is 13.9 Å². The lowest BCUT2D eigenvalue weighted by Gasteiger charge is -2.50. The highest BCUT2D eigenvalue weighted by molar-refractivity contribution is 5.35. The molecule has 1 N–H and O–H groups in total. The van der Waals surface area contributed by atoms with Crippen molar-refractivity contribution in [2.75, 3.05) is 27.4 Å². The predicted octanol–water partition coefficient (Wildman–Crippen LogP) is 1.65. The van der Waals surface area contributed by atoms with Gasteiger partial charge in [0.15, 0.2) is 11.6 Å². The summed E-state index contributed by atoms with van der Waals surface area (Å²) < 4.78 is 38.5. The van der Waals surface area contributed by atoms with Crippen LogP contribution in [0.5, 0.6) is 5.75 Å². The van der Waals surface area contributed by atoms with Gasteiger partial charge in [-0.3, -0.25) is 4.90 Å². The Morgan fingerprint density at radius 3 is 2.43 bits per heavy atom. The van der Waals surface area contributed by atoms with Gasteiger partial charge >= 0.3 is 0 Å². The number of piperidine rings is 1. The average molecular weight is 299 g/mol. The summed E-state index contributed by atoms with van der Waals surface area (Å²) in [6.45, 7) is 0.991. The van der Waals surface area contributed by atoms with Gasteiger partial charge in [-0.25, -0.2) is 4.39 Å². The van der Waals surface area contributed by atoms with Gasteiger partial charge in [0.2, 0.25) is 5.82 Å². The second-order valence-electron chi connectivity index (χ2n) is 5.89. The first-order valence-electron chi connectivity index (χ1n) is 7.01. The molecule has 2 saturated heterocycles. The van der Waals surface area contributed by atoms with Crippen LogP contribution in [0.25, 0.3) is 0 Å². The average Bonchev–Trinajstić information content (AvgIpc) is 2.43. The molecule has 2 fully saturated rings. The molecule has 0 aliphatic carbocycles. The van der Waals surface area contributed by atoms with Crippen LogP contribution in [0.2, 0.25) is 0 Å². The first kappa shape index (κ1) is 14.7. The Hall–Kier alpha value is -1.24. The highest BCUT2D eigenvalue weighted by atomic mass is 19.2. The lowest BCUT2D eigenvalue weighted by molar-refractivity contribution is -0.138. The van der Waals surface area contributed by atoms with E-state index in [1.807, 2.05) is 7.05 Å². The Morgan fingerprint density at radius 2 is 1.86 bits per heavy atom. The number of benzene rings is 1. The molecule has 2 heterocycles. The smallest absolute Gasteiger partial charge is 0.200 e. The molecule has 3 rings (SSSR count). The fourth-order valence-electron chi connectivity index (χ4n) is 3.41. The van der Waals surface area contributed by atoms with E-state index in [0.29, 0.717) is 26.1 Å². The Morgan fingerprint density at radius 1 is 1.24 bits per heavy atom. The van der Waals surface area contributed by atoms with E-state index in [4.69, 9.17) is 9.47 Å². The maximum atomic E-state index is 14.3. The quantitative estimate of drug-likeness (QED) is 0.902. The van der Waals surface area contributed by atoms with E-state index in [-0.39, 0.29) is 23.4 Å². The van der Waals surface area contributed by atoms with Crippen LogP contribution in [0, 0.1) is 11.6 Å². The predicted molar refractivity (Wildman–Crippen MR) is 72.2 cm³/mol. The van der Waals surface area contributed by atoms with E-state index in [0.717, 1.165) is 0 Å². The molecule has 1 aromatic carbocycles. The first-order chi connectivity index (χ1) is 9.96. The summed E-state index contributed by atoms with van der Waals surface area (Å²) in [6.07, 6.45) is 0.644. The second-order valence-corrected chi connectivity index (χ2v) is 5.89. The third-order valence-corrected chi connectivity index (χ3v) is 4.69. The number of hydrogen-bond donors (Lipinski definition) is 1. The van der Waals surface area contributed by atoms with Crippen molar-refractivity contribution in [3.8, 4) is 5.75 Å². The van der Waals surface area contributed by atoms with Crippen LogP contribution in [0.4, 0.5) is 8.78 Å². The molecule has 2 aliphatic rings. The molecular formula is C15H19F2NO3. The number of morpholine rings is 1. The molecule has 116 valence electrons. The van der Waals surface area contributed by atoms with Gasteiger partial charge in [-0.15, -0.1) is 0 Å². The summed E-state index contributed by atoms with van der Waals surface area (Å²) in [4.78, 5) is 2.15. The van der Waals surface area contributed by atoms with Crippen molar-refractivity contribution in [2.24, 2.45) is 0 Å². The van der Waals surface area contributed by atoms with Crippen molar-refractivity contribution in [3.63, 3.8) is 0 Å². The summed E-state index contributed by atoms with van der Waals surface area (Å²) in [7, 11) is 3.26. The minimum atomic E-state index is -1.37. The molecular weight excluding hydrogens is 280 g/mol. The topological polar surface area (TPSA) is 41.9 Å². The third kappa shape index (κ3) is 2.31. The van der Waals surface area contributed by atoms with Crippen LogP contribution < -0.4 is 4.74 Å². The van der Waals surface area contributed by atoms with Crippen molar-refractivity contribution in [2.45, 2.75) is 30.5 Å². The van der Waals surface area contributed by atoms with Crippen molar-refractivity contribution >= 4 is 0 Å². The minimum absolute atomic E-state index is 0.00537. The van der Waals surface area contributed by atoms with E-state index in [2.05, 4.69) is 4.90 Å². The van der Waals surface area contributed by atoms with E-state index >= 15 is 0 Å². The van der Waals surface area contributed by atoms with E-state index < -0.39 is 17.2 Å². The molecule has 2 bridgehead atoms. The number of likely N-dealkylation sites (N-methyl/N-ethyl adjacent to an activating group) is 1. The third-order valence-electron chi connectivity index (χ3n) is 4.69. The van der Waals surface area contributed by atoms with Crippen LogP contribution in [0.15, 0.2) is 12.1 Å². The minimum Gasteiger partial charge on any atom is -0.494 e. The zero-order chi connectivity index (χ0) is 15.2. The van der Waals surface area contributed by atoms with Gasteiger partial charge in [0.1, 0.15) is 0 Å². The van der Waals surface area contributed by atoms with Gasteiger partial charge in [-0.2, -0.15) is 4.39 Å². The molecule has 0 spiro atoms. The SMILES string of the molecule is COc1ccc(C2(O)CC3COCC(C2)N3C)c(F)c1F. The number of aliphatic hydroxyl groups is 1. The lowest BCUT2D eigenvalue weighted by atomic mass is 9.77. The summed E-state index contributed by atoms with van der Waals surface area (Å²) in [6, 6.07) is 2.79. The second kappa shape index (κ2) is 5.19. The molecule has 1 aromatic rings. The molecule has 2 aliphatic heterocycles. The zero-order valence-corrected chi connectivity index (χ0v) is 12.1. The highest BCUT2D eigenvalue weighted by Crippen LogP contribution is 2.42. The molecule has 2 unspecified atom stereocenters. The molecule has 0 aromatic heterocycles. The number of rotatable bonds is 2. The van der Waals surface area contributed by atoms with Gasteiger partial charge in [0, 0.05) is 17.6 Å². The zero-order valence-electron chi connectivity index (χ0n) is 12.1. The Kier molecular flexibility index (Phi) is 3.63. The van der Waals surface area contributed by atoms with Gasteiger partial charge in [-0.1, -0.05) is 0 Å². The van der Waals surface area contributed by atoms with Crippen LogP contribution in [-0.4, -0.2) is 49.5 Å². The number of nitrogens with zero attached hydrogens (tertiary/aromatic N) is 1. The maximum Gasteiger partial charge on any atom is 0.200 e. The van der Waals surface area contributed by atoms with Gasteiger partial charge < -0.3 is 14.6 Å². The number of methoxy groups -OCH3 is 1. The molecule has 2 atom stereocenters. The Bertz CT molecular complexity index is 538. The van der Waals surface area contributed by atoms with Crippen LogP contribution >= 0.6 is 0 Å². The number of fused-ring (bicyclic) bond motifs is 2. The first-order valence-corrected chi connectivity index (χ1v) is 7.01. The fourth-order valence-corrected chi connectivity index (χ4v) is 3.41. The maximum absolute atomic E-state index is 14.3. The van der Waals surface area contributed by atoms with Crippen molar-refractivity contribution < 1.29 is 23.4 Å². The molecule has 0 saturated carbocycles. The van der Waals surface area contributed by atoms with Gasteiger partial charge in [0.05, 0.1) is 25.9 Å².